The van der Waals surface area contributed by atoms with Crippen molar-refractivity contribution < 1.29 is 89.3 Å². The molecule has 374 valence electrons. The van der Waals surface area contributed by atoms with E-state index in [0.717, 1.165) is 44.9 Å². The molecule has 10 unspecified atom stereocenters. The van der Waals surface area contributed by atoms with Crippen molar-refractivity contribution in [3.63, 3.8) is 0 Å². The van der Waals surface area contributed by atoms with Crippen LogP contribution in [0.15, 0.2) is 11.6 Å². The largest absolute Gasteiger partial charge is 0.396 e. The van der Waals surface area contributed by atoms with Gasteiger partial charge in [0.15, 0.2) is 18.9 Å². The molecular formula is C47H78O18. The third-order valence-corrected chi connectivity index (χ3v) is 19.0. The van der Waals surface area contributed by atoms with Crippen LogP contribution in [0, 0.1) is 44.8 Å². The number of fused-ring (bicyclic) bond motifs is 7. The Hall–Kier alpha value is -0.980. The van der Waals surface area contributed by atoms with Crippen LogP contribution in [0.4, 0.5) is 0 Å². The van der Waals surface area contributed by atoms with Crippen molar-refractivity contribution >= 4 is 0 Å². The van der Waals surface area contributed by atoms with Gasteiger partial charge in [-0.05, 0) is 85.4 Å². The van der Waals surface area contributed by atoms with Crippen molar-refractivity contribution in [1.29, 1.82) is 0 Å². The van der Waals surface area contributed by atoms with Crippen LogP contribution in [-0.2, 0) is 33.2 Å². The summed E-state index contributed by atoms with van der Waals surface area (Å²) in [7, 11) is 1.78. The first-order chi connectivity index (χ1) is 30.6. The lowest BCUT2D eigenvalue weighted by Crippen LogP contribution is -2.69. The summed E-state index contributed by atoms with van der Waals surface area (Å²) in [6, 6.07) is 0. The average molecular weight is 931 g/mol. The van der Waals surface area contributed by atoms with E-state index in [0.29, 0.717) is 12.8 Å². The zero-order valence-corrected chi connectivity index (χ0v) is 39.0. The van der Waals surface area contributed by atoms with E-state index in [-0.39, 0.29) is 46.7 Å². The van der Waals surface area contributed by atoms with Gasteiger partial charge in [0.2, 0.25) is 0 Å². The summed E-state index contributed by atoms with van der Waals surface area (Å²) in [5.74, 6) is 0.252. The smallest absolute Gasteiger partial charge is 0.187 e. The minimum atomic E-state index is -1.77. The summed E-state index contributed by atoms with van der Waals surface area (Å²) in [5.41, 5.74) is -0.555. The standard InChI is InChI=1S/C47H78O18/c1-21-30(51)32(53)36(57)41(61-21)65-38-26(19-60-40-35(56)33(54)31(52)25(18-48)62-40)63-42(37(58)34(38)55)64-29-12-14-44(4)27(43(29,2)3)11-15-45(5)39(44)24(59-7)16-23-22-10-8-9-13-47(22,20-49)28(50)17-46(23,45)6/h16,21-22,24-42,48-58H,8-15,17-20H2,1-7H3/t21-,22?,24?,25+,26+,27?,28?,29?,30+,31+,32+,33-,34+,35+,36+,37+,38+,39?,40+,41-,42-,44?,45?,46?,47?/m0/s1. The van der Waals surface area contributed by atoms with E-state index in [1.165, 1.54) is 12.5 Å². The van der Waals surface area contributed by atoms with Gasteiger partial charge in [0.25, 0.3) is 0 Å². The van der Waals surface area contributed by atoms with Crippen LogP contribution in [0.5, 0.6) is 0 Å². The Bertz CT molecular complexity index is 1700. The molecule has 3 aliphatic heterocycles. The van der Waals surface area contributed by atoms with Crippen molar-refractivity contribution in [2.45, 2.75) is 210 Å². The van der Waals surface area contributed by atoms with E-state index in [4.69, 9.17) is 33.2 Å². The Morgan fingerprint density at radius 2 is 1.32 bits per heavy atom. The highest BCUT2D eigenvalue weighted by molar-refractivity contribution is 5.36. The lowest BCUT2D eigenvalue weighted by atomic mass is 9.33. The van der Waals surface area contributed by atoms with Gasteiger partial charge < -0.3 is 89.3 Å². The summed E-state index contributed by atoms with van der Waals surface area (Å²) in [6.45, 7) is 11.6. The number of aliphatic hydroxyl groups is 11. The third-order valence-electron chi connectivity index (χ3n) is 19.0. The SMILES string of the molecule is COC1C=C2C3CCCCC3(CO)C(O)CC2(C)C2(C)CCC3C(C)(C)C(O[C@@H]4O[C@H](CO[C@@H]5O[C@H](CO)[C@@H](O)[C@H](O)[C@H]5O)[C@@H](O[C@@H]5O[C@@H](C)[C@@H](O)[C@@H](O)[C@H]5O)[C@H](O)[C@H]4O)CCC3(C)C12. The number of aliphatic hydroxyl groups excluding tert-OH is 11. The van der Waals surface area contributed by atoms with Gasteiger partial charge in [-0.3, -0.25) is 0 Å². The molecule has 8 rings (SSSR count). The molecule has 18 nitrogen and oxygen atoms in total. The molecular weight excluding hydrogens is 852 g/mol. The second kappa shape index (κ2) is 18.3. The maximum absolute atomic E-state index is 12.0. The Morgan fingerprint density at radius 3 is 2.00 bits per heavy atom. The summed E-state index contributed by atoms with van der Waals surface area (Å²) in [5, 5.41) is 119. The minimum Gasteiger partial charge on any atom is -0.396 e. The van der Waals surface area contributed by atoms with Crippen molar-refractivity contribution in [3.05, 3.63) is 11.6 Å². The van der Waals surface area contributed by atoms with E-state index in [9.17, 15) is 56.2 Å². The number of hydrogen-bond acceptors (Lipinski definition) is 18. The van der Waals surface area contributed by atoms with Crippen LogP contribution < -0.4 is 0 Å². The van der Waals surface area contributed by atoms with Crippen molar-refractivity contribution in [1.82, 2.24) is 0 Å². The molecule has 0 aromatic heterocycles. The van der Waals surface area contributed by atoms with Crippen LogP contribution in [0.2, 0.25) is 0 Å². The molecule has 7 fully saturated rings. The van der Waals surface area contributed by atoms with E-state index in [1.807, 2.05) is 0 Å². The van der Waals surface area contributed by atoms with Crippen LogP contribution in [0.25, 0.3) is 0 Å². The second-order valence-corrected chi connectivity index (χ2v) is 22.4. The van der Waals surface area contributed by atoms with Crippen LogP contribution in [0.3, 0.4) is 0 Å². The fourth-order valence-electron chi connectivity index (χ4n) is 15.1. The van der Waals surface area contributed by atoms with Crippen LogP contribution in [0.1, 0.15) is 99.3 Å². The molecule has 3 saturated heterocycles. The number of rotatable bonds is 10. The maximum atomic E-state index is 12.0. The first-order valence-corrected chi connectivity index (χ1v) is 24.0. The molecule has 3 heterocycles. The number of methoxy groups -OCH3 is 1. The highest BCUT2D eigenvalue weighted by Gasteiger charge is 2.71. The Labute approximate surface area is 381 Å². The molecule has 0 aromatic carbocycles. The summed E-state index contributed by atoms with van der Waals surface area (Å²) < 4.78 is 42.8. The molecule has 0 radical (unpaired) electrons. The summed E-state index contributed by atoms with van der Waals surface area (Å²) in [4.78, 5) is 0. The van der Waals surface area contributed by atoms with Crippen molar-refractivity contribution in [3.8, 4) is 0 Å². The highest BCUT2D eigenvalue weighted by atomic mass is 16.8. The van der Waals surface area contributed by atoms with Crippen molar-refractivity contribution in [2.75, 3.05) is 26.9 Å². The zero-order chi connectivity index (χ0) is 47.3. The van der Waals surface area contributed by atoms with Crippen molar-refractivity contribution in [2.24, 2.45) is 44.8 Å². The molecule has 4 saturated carbocycles. The van der Waals surface area contributed by atoms with Gasteiger partial charge in [-0.15, -0.1) is 0 Å². The molecule has 65 heavy (non-hydrogen) atoms. The molecule has 11 N–H and O–H groups in total. The number of ether oxygens (including phenoxy) is 7. The predicted molar refractivity (Wildman–Crippen MR) is 227 cm³/mol. The van der Waals surface area contributed by atoms with Gasteiger partial charge >= 0.3 is 0 Å². The van der Waals surface area contributed by atoms with Crippen LogP contribution >= 0.6 is 0 Å². The third kappa shape index (κ3) is 7.84. The monoisotopic (exact) mass is 931 g/mol. The molecule has 0 amide bonds. The lowest BCUT2D eigenvalue weighted by molar-refractivity contribution is -0.374. The average Bonchev–Trinajstić information content (AvgIpc) is 3.27. The lowest BCUT2D eigenvalue weighted by Gasteiger charge is -2.72. The van der Waals surface area contributed by atoms with E-state index in [2.05, 4.69) is 40.7 Å². The van der Waals surface area contributed by atoms with Gasteiger partial charge in [-0.2, -0.15) is 0 Å². The molecule has 0 bridgehead atoms. The normalized spacial score (nSPS) is 55.5. The predicted octanol–water partition coefficient (Wildman–Crippen LogP) is -0.399. The Morgan fingerprint density at radius 1 is 0.677 bits per heavy atom. The van der Waals surface area contributed by atoms with Crippen LogP contribution in [-0.4, -0.2) is 194 Å². The fourth-order valence-corrected chi connectivity index (χ4v) is 15.1. The Kier molecular flexibility index (Phi) is 14.2. The highest BCUT2D eigenvalue weighted by Crippen LogP contribution is 2.75. The molecule has 8 aliphatic rings. The van der Waals surface area contributed by atoms with E-state index in [1.54, 1.807) is 7.11 Å². The maximum Gasteiger partial charge on any atom is 0.187 e. The molecule has 5 aliphatic carbocycles. The topological polar surface area (TPSA) is 287 Å². The summed E-state index contributed by atoms with van der Waals surface area (Å²) in [6.07, 6.45) is -14.8. The van der Waals surface area contributed by atoms with Gasteiger partial charge in [0, 0.05) is 18.4 Å². The second-order valence-electron chi connectivity index (χ2n) is 22.4. The van der Waals surface area contributed by atoms with Gasteiger partial charge in [-0.25, -0.2) is 0 Å². The first kappa shape index (κ1) is 50.4. The fraction of sp³-hybridized carbons (Fsp3) is 0.957. The quantitative estimate of drug-likeness (QED) is 0.0982. The molecule has 0 aromatic rings. The zero-order valence-electron chi connectivity index (χ0n) is 39.0. The van der Waals surface area contributed by atoms with Gasteiger partial charge in [0.1, 0.15) is 67.1 Å². The first-order valence-electron chi connectivity index (χ1n) is 24.0. The number of hydrogen-bond donors (Lipinski definition) is 11. The van der Waals surface area contributed by atoms with Gasteiger partial charge in [0.05, 0.1) is 44.2 Å². The van der Waals surface area contributed by atoms with Gasteiger partial charge in [-0.1, -0.05) is 59.1 Å². The summed E-state index contributed by atoms with van der Waals surface area (Å²) >= 11 is 0. The minimum absolute atomic E-state index is 0.0397. The molecule has 18 heteroatoms. The molecule has 0 spiro atoms. The van der Waals surface area contributed by atoms with E-state index < -0.39 is 128 Å². The number of allylic oxidation sites excluding steroid dienone is 1. The Balaban J connectivity index is 1.04. The molecule has 25 atom stereocenters. The van der Waals surface area contributed by atoms with E-state index >= 15 is 0 Å².